The van der Waals surface area contributed by atoms with Crippen molar-refractivity contribution in [2.45, 2.75) is 6.92 Å². The fourth-order valence-corrected chi connectivity index (χ4v) is 2.76. The van der Waals surface area contributed by atoms with E-state index in [0.29, 0.717) is 5.39 Å². The Bertz CT molecular complexity index is 1030. The van der Waals surface area contributed by atoms with Crippen molar-refractivity contribution in [3.8, 4) is 0 Å². The number of hydrogen-bond acceptors (Lipinski definition) is 2. The molecule has 0 aliphatic heterocycles. The van der Waals surface area contributed by atoms with Crippen molar-refractivity contribution in [2.24, 2.45) is 0 Å². The number of aromatic nitrogens is 2. The van der Waals surface area contributed by atoms with Crippen LogP contribution < -0.4 is 5.43 Å². The van der Waals surface area contributed by atoms with E-state index in [2.05, 4.69) is 4.98 Å². The molecule has 0 aliphatic rings. The normalized spacial score (nSPS) is 11.4. The van der Waals surface area contributed by atoms with Gasteiger partial charge >= 0.3 is 0 Å². The zero-order chi connectivity index (χ0) is 13.7. The minimum atomic E-state index is 0.0600. The van der Waals surface area contributed by atoms with E-state index in [9.17, 15) is 4.79 Å². The fraction of sp³-hybridized carbons (Fsp3) is 0.0588. The van der Waals surface area contributed by atoms with E-state index in [0.717, 1.165) is 27.5 Å². The molecule has 0 saturated carbocycles. The molecule has 4 rings (SSSR count). The Morgan fingerprint density at radius 1 is 1.00 bits per heavy atom. The van der Waals surface area contributed by atoms with Crippen molar-refractivity contribution < 1.29 is 0 Å². The monoisotopic (exact) mass is 260 g/mol. The predicted molar refractivity (Wildman–Crippen MR) is 81.2 cm³/mol. The molecule has 2 aromatic carbocycles. The van der Waals surface area contributed by atoms with Gasteiger partial charge in [0, 0.05) is 28.6 Å². The summed E-state index contributed by atoms with van der Waals surface area (Å²) in [7, 11) is 0. The zero-order valence-corrected chi connectivity index (χ0v) is 11.0. The van der Waals surface area contributed by atoms with E-state index in [1.165, 1.54) is 0 Å². The average Bonchev–Trinajstić information content (AvgIpc) is 2.92. The lowest BCUT2D eigenvalue weighted by Crippen LogP contribution is -1.98. The Kier molecular flexibility index (Phi) is 2.18. The molecule has 0 spiro atoms. The van der Waals surface area contributed by atoms with Crippen LogP contribution in [0.1, 0.15) is 5.56 Å². The van der Waals surface area contributed by atoms with Crippen LogP contribution in [0.3, 0.4) is 0 Å². The Labute approximate surface area is 115 Å². The second-order valence-electron chi connectivity index (χ2n) is 5.02. The zero-order valence-electron chi connectivity index (χ0n) is 11.0. The molecule has 3 nitrogen and oxygen atoms in total. The highest BCUT2D eigenvalue weighted by molar-refractivity contribution is 5.99. The maximum Gasteiger partial charge on any atom is 0.195 e. The highest BCUT2D eigenvalue weighted by Crippen LogP contribution is 2.20. The molecule has 0 saturated heterocycles. The van der Waals surface area contributed by atoms with Crippen LogP contribution >= 0.6 is 0 Å². The lowest BCUT2D eigenvalue weighted by Gasteiger charge is -1.97. The topological polar surface area (TPSA) is 34.4 Å². The molecule has 0 N–H and O–H groups in total. The van der Waals surface area contributed by atoms with Crippen LogP contribution in [0.25, 0.3) is 27.3 Å². The van der Waals surface area contributed by atoms with Crippen molar-refractivity contribution in [1.29, 1.82) is 0 Å². The van der Waals surface area contributed by atoms with Crippen LogP contribution in [-0.2, 0) is 0 Å². The van der Waals surface area contributed by atoms with Gasteiger partial charge in [0.25, 0.3) is 0 Å². The minimum absolute atomic E-state index is 0.0600. The van der Waals surface area contributed by atoms with Gasteiger partial charge in [-0.05, 0) is 19.1 Å². The SMILES string of the molecule is Cc1ccc2c(c1)c(=O)c1ccccc1c1nccn21. The summed E-state index contributed by atoms with van der Waals surface area (Å²) >= 11 is 0. The largest absolute Gasteiger partial charge is 0.299 e. The second-order valence-corrected chi connectivity index (χ2v) is 5.02. The van der Waals surface area contributed by atoms with Gasteiger partial charge in [-0.25, -0.2) is 4.98 Å². The van der Waals surface area contributed by atoms with Gasteiger partial charge in [0.05, 0.1) is 5.52 Å². The molecule has 2 aromatic heterocycles. The number of rotatable bonds is 0. The number of aryl methyl sites for hydroxylation is 1. The molecule has 0 unspecified atom stereocenters. The molecule has 4 aromatic rings. The van der Waals surface area contributed by atoms with Crippen LogP contribution in [0.2, 0.25) is 0 Å². The summed E-state index contributed by atoms with van der Waals surface area (Å²) in [5.74, 6) is 0. The average molecular weight is 260 g/mol. The smallest absolute Gasteiger partial charge is 0.195 e. The fourth-order valence-electron chi connectivity index (χ4n) is 2.76. The number of nitrogens with zero attached hydrogens (tertiary/aromatic N) is 2. The summed E-state index contributed by atoms with van der Waals surface area (Å²) in [6.45, 7) is 2.00. The van der Waals surface area contributed by atoms with Crippen molar-refractivity contribution in [3.05, 3.63) is 70.6 Å². The Hall–Kier alpha value is -2.68. The Morgan fingerprint density at radius 3 is 2.65 bits per heavy atom. The maximum absolute atomic E-state index is 12.8. The standard InChI is InChI=1S/C17H12N2O/c1-11-6-7-15-14(10-11)16(20)12-4-2-3-5-13(12)17-18-8-9-19(15)17/h2-10H,1H3. The van der Waals surface area contributed by atoms with E-state index in [1.807, 2.05) is 60.0 Å². The van der Waals surface area contributed by atoms with Gasteiger partial charge in [-0.2, -0.15) is 0 Å². The predicted octanol–water partition coefficient (Wildman–Crippen LogP) is 3.31. The summed E-state index contributed by atoms with van der Waals surface area (Å²) in [5.41, 5.74) is 2.85. The first-order valence-electron chi connectivity index (χ1n) is 6.54. The third-order valence-corrected chi connectivity index (χ3v) is 3.71. The van der Waals surface area contributed by atoms with Crippen LogP contribution in [-0.4, -0.2) is 9.38 Å². The Morgan fingerprint density at radius 2 is 1.80 bits per heavy atom. The molecule has 20 heavy (non-hydrogen) atoms. The third kappa shape index (κ3) is 1.40. The van der Waals surface area contributed by atoms with Crippen molar-refractivity contribution in [2.75, 3.05) is 0 Å². The molecule has 0 fully saturated rings. The van der Waals surface area contributed by atoms with Crippen LogP contribution in [0, 0.1) is 6.92 Å². The quantitative estimate of drug-likeness (QED) is 0.486. The van der Waals surface area contributed by atoms with Crippen LogP contribution in [0.4, 0.5) is 0 Å². The molecule has 0 radical (unpaired) electrons. The lowest BCUT2D eigenvalue weighted by atomic mass is 10.1. The van der Waals surface area contributed by atoms with E-state index in [4.69, 9.17) is 0 Å². The lowest BCUT2D eigenvalue weighted by molar-refractivity contribution is 1.27. The molecule has 2 heterocycles. The first-order valence-corrected chi connectivity index (χ1v) is 6.54. The van der Waals surface area contributed by atoms with Crippen molar-refractivity contribution >= 4 is 27.3 Å². The highest BCUT2D eigenvalue weighted by atomic mass is 16.1. The molecule has 0 bridgehead atoms. The first-order chi connectivity index (χ1) is 9.75. The van der Waals surface area contributed by atoms with Gasteiger partial charge in [-0.3, -0.25) is 9.20 Å². The molecule has 0 atom stereocenters. The number of hydrogen-bond donors (Lipinski definition) is 0. The van der Waals surface area contributed by atoms with Crippen molar-refractivity contribution in [1.82, 2.24) is 9.38 Å². The summed E-state index contributed by atoms with van der Waals surface area (Å²) in [6.07, 6.45) is 3.67. The van der Waals surface area contributed by atoms with E-state index in [1.54, 1.807) is 6.20 Å². The minimum Gasteiger partial charge on any atom is -0.299 e. The van der Waals surface area contributed by atoms with Gasteiger partial charge < -0.3 is 0 Å². The molecule has 0 aliphatic carbocycles. The maximum atomic E-state index is 12.8. The number of fused-ring (bicyclic) bond motifs is 5. The number of imidazole rings is 1. The highest BCUT2D eigenvalue weighted by Gasteiger charge is 2.08. The van der Waals surface area contributed by atoms with Gasteiger partial charge in [-0.1, -0.05) is 35.9 Å². The Balaban J connectivity index is 2.51. The summed E-state index contributed by atoms with van der Waals surface area (Å²) in [5, 5.41) is 2.33. The second kappa shape index (κ2) is 3.90. The van der Waals surface area contributed by atoms with Gasteiger partial charge in [0.15, 0.2) is 5.43 Å². The summed E-state index contributed by atoms with van der Waals surface area (Å²) in [4.78, 5) is 17.2. The molecule has 3 heteroatoms. The molecule has 0 amide bonds. The third-order valence-electron chi connectivity index (χ3n) is 3.71. The van der Waals surface area contributed by atoms with Gasteiger partial charge in [0.2, 0.25) is 0 Å². The molecule has 96 valence electrons. The van der Waals surface area contributed by atoms with E-state index < -0.39 is 0 Å². The molecular weight excluding hydrogens is 248 g/mol. The van der Waals surface area contributed by atoms with E-state index in [-0.39, 0.29) is 5.43 Å². The van der Waals surface area contributed by atoms with Crippen LogP contribution in [0.5, 0.6) is 0 Å². The van der Waals surface area contributed by atoms with Gasteiger partial charge in [-0.15, -0.1) is 0 Å². The summed E-state index contributed by atoms with van der Waals surface area (Å²) < 4.78 is 1.98. The van der Waals surface area contributed by atoms with Crippen molar-refractivity contribution in [3.63, 3.8) is 0 Å². The molecular formula is C17H12N2O. The van der Waals surface area contributed by atoms with E-state index >= 15 is 0 Å². The number of benzene rings is 2. The van der Waals surface area contributed by atoms with Gasteiger partial charge in [0.1, 0.15) is 5.65 Å². The first kappa shape index (κ1) is 11.2. The summed E-state index contributed by atoms with van der Waals surface area (Å²) in [6, 6.07) is 13.6. The van der Waals surface area contributed by atoms with Crippen LogP contribution in [0.15, 0.2) is 59.7 Å².